The highest BCUT2D eigenvalue weighted by atomic mass is 14.9. The van der Waals surface area contributed by atoms with Crippen molar-refractivity contribution in [1.82, 2.24) is 5.32 Å². The van der Waals surface area contributed by atoms with Crippen LogP contribution in [-0.2, 0) is 6.42 Å². The molecule has 1 aliphatic carbocycles. The van der Waals surface area contributed by atoms with E-state index in [2.05, 4.69) is 35.6 Å². The van der Waals surface area contributed by atoms with Crippen LogP contribution in [0, 0.1) is 11.3 Å². The second kappa shape index (κ2) is 3.64. The molecule has 1 heteroatoms. The van der Waals surface area contributed by atoms with Gasteiger partial charge in [0.05, 0.1) is 0 Å². The van der Waals surface area contributed by atoms with Gasteiger partial charge >= 0.3 is 0 Å². The predicted molar refractivity (Wildman–Crippen MR) is 62.8 cm³/mol. The number of hydrogen-bond donors (Lipinski definition) is 1. The highest BCUT2D eigenvalue weighted by Crippen LogP contribution is 2.55. The van der Waals surface area contributed by atoms with E-state index in [1.165, 1.54) is 44.3 Å². The van der Waals surface area contributed by atoms with Gasteiger partial charge in [-0.25, -0.2) is 0 Å². The number of rotatable bonds is 3. The topological polar surface area (TPSA) is 12.0 Å². The molecule has 0 amide bonds. The van der Waals surface area contributed by atoms with Crippen LogP contribution in [0.15, 0.2) is 30.3 Å². The van der Waals surface area contributed by atoms with E-state index < -0.39 is 0 Å². The maximum Gasteiger partial charge on any atom is -0.00146 e. The first-order valence-corrected chi connectivity index (χ1v) is 6.14. The fraction of sp³-hybridized carbons (Fsp3) is 0.571. The van der Waals surface area contributed by atoms with Crippen molar-refractivity contribution < 1.29 is 0 Å². The first-order chi connectivity index (χ1) is 7.39. The molecule has 1 unspecified atom stereocenters. The third-order valence-corrected chi connectivity index (χ3v) is 4.22. The summed E-state index contributed by atoms with van der Waals surface area (Å²) in [4.78, 5) is 0. The predicted octanol–water partition coefficient (Wildman–Crippen LogP) is 2.62. The van der Waals surface area contributed by atoms with Crippen LogP contribution in [0.2, 0.25) is 0 Å². The molecule has 1 aromatic carbocycles. The van der Waals surface area contributed by atoms with Crippen molar-refractivity contribution in [1.29, 1.82) is 0 Å². The molecule has 0 bridgehead atoms. The molecule has 1 N–H and O–H groups in total. The van der Waals surface area contributed by atoms with Crippen molar-refractivity contribution in [2.24, 2.45) is 11.3 Å². The zero-order valence-electron chi connectivity index (χ0n) is 9.21. The average molecular weight is 201 g/mol. The standard InChI is InChI=1S/C14H19N/c1-2-4-12(5-3-1)10-14(7-8-14)13-6-9-15-11-13/h1-5,13,15H,6-11H2. The van der Waals surface area contributed by atoms with E-state index in [-0.39, 0.29) is 0 Å². The molecule has 1 saturated carbocycles. The minimum Gasteiger partial charge on any atom is -0.316 e. The summed E-state index contributed by atoms with van der Waals surface area (Å²) in [6.45, 7) is 2.49. The monoisotopic (exact) mass is 201 g/mol. The lowest BCUT2D eigenvalue weighted by atomic mass is 9.83. The summed E-state index contributed by atoms with van der Waals surface area (Å²) in [7, 11) is 0. The van der Waals surface area contributed by atoms with E-state index in [1.807, 2.05) is 0 Å². The Morgan fingerprint density at radius 3 is 2.60 bits per heavy atom. The van der Waals surface area contributed by atoms with Crippen molar-refractivity contribution in [2.75, 3.05) is 13.1 Å². The van der Waals surface area contributed by atoms with Crippen LogP contribution in [-0.4, -0.2) is 13.1 Å². The van der Waals surface area contributed by atoms with Crippen LogP contribution in [0.1, 0.15) is 24.8 Å². The molecule has 80 valence electrons. The van der Waals surface area contributed by atoms with Gasteiger partial charge in [-0.2, -0.15) is 0 Å². The van der Waals surface area contributed by atoms with Crippen molar-refractivity contribution in [3.8, 4) is 0 Å². The third kappa shape index (κ3) is 1.81. The van der Waals surface area contributed by atoms with E-state index in [9.17, 15) is 0 Å². The molecule has 0 radical (unpaired) electrons. The van der Waals surface area contributed by atoms with E-state index in [0.717, 1.165) is 5.92 Å². The Morgan fingerprint density at radius 1 is 1.20 bits per heavy atom. The van der Waals surface area contributed by atoms with Gasteiger partial charge < -0.3 is 5.32 Å². The minimum atomic E-state index is 0.671. The van der Waals surface area contributed by atoms with Gasteiger partial charge in [0, 0.05) is 0 Å². The number of hydrogen-bond acceptors (Lipinski definition) is 1. The van der Waals surface area contributed by atoms with E-state index in [4.69, 9.17) is 0 Å². The van der Waals surface area contributed by atoms with Gasteiger partial charge in [-0.05, 0) is 55.7 Å². The van der Waals surface area contributed by atoms with E-state index >= 15 is 0 Å². The molecule has 1 heterocycles. The first-order valence-electron chi connectivity index (χ1n) is 6.14. The molecule has 1 saturated heterocycles. The number of benzene rings is 1. The molecule has 1 atom stereocenters. The van der Waals surface area contributed by atoms with Gasteiger partial charge in [-0.15, -0.1) is 0 Å². The van der Waals surface area contributed by atoms with Crippen LogP contribution >= 0.6 is 0 Å². The van der Waals surface area contributed by atoms with Gasteiger partial charge in [-0.3, -0.25) is 0 Å². The summed E-state index contributed by atoms with van der Waals surface area (Å²) < 4.78 is 0. The SMILES string of the molecule is c1ccc(CC2(C3CCNC3)CC2)cc1. The smallest absolute Gasteiger partial charge is 0.00146 e. The molecule has 1 aliphatic heterocycles. The van der Waals surface area contributed by atoms with Crippen molar-refractivity contribution in [2.45, 2.75) is 25.7 Å². The minimum absolute atomic E-state index is 0.671. The number of nitrogens with one attached hydrogen (secondary N) is 1. The summed E-state index contributed by atoms with van der Waals surface area (Å²) >= 11 is 0. The zero-order chi connectivity index (χ0) is 10.1. The molecule has 1 nitrogen and oxygen atoms in total. The van der Waals surface area contributed by atoms with Gasteiger partial charge in [0.25, 0.3) is 0 Å². The Morgan fingerprint density at radius 2 is 2.00 bits per heavy atom. The van der Waals surface area contributed by atoms with Gasteiger partial charge in [-0.1, -0.05) is 30.3 Å². The Balaban J connectivity index is 1.72. The lowest BCUT2D eigenvalue weighted by molar-refractivity contribution is 0.329. The molecular formula is C14H19N. The van der Waals surface area contributed by atoms with Crippen LogP contribution < -0.4 is 5.32 Å². The normalized spacial score (nSPS) is 27.9. The first kappa shape index (κ1) is 9.41. The van der Waals surface area contributed by atoms with Crippen LogP contribution in [0.5, 0.6) is 0 Å². The van der Waals surface area contributed by atoms with Gasteiger partial charge in [0.2, 0.25) is 0 Å². The van der Waals surface area contributed by atoms with Gasteiger partial charge in [0.1, 0.15) is 0 Å². The Hall–Kier alpha value is -0.820. The molecular weight excluding hydrogens is 182 g/mol. The maximum atomic E-state index is 3.50. The van der Waals surface area contributed by atoms with Crippen molar-refractivity contribution in [3.63, 3.8) is 0 Å². The van der Waals surface area contributed by atoms with Gasteiger partial charge in [0.15, 0.2) is 0 Å². The largest absolute Gasteiger partial charge is 0.316 e. The summed E-state index contributed by atoms with van der Waals surface area (Å²) in [5.74, 6) is 0.942. The third-order valence-electron chi connectivity index (χ3n) is 4.22. The molecule has 2 aliphatic rings. The average Bonchev–Trinajstić information content (AvgIpc) is 2.84. The van der Waals surface area contributed by atoms with Crippen molar-refractivity contribution >= 4 is 0 Å². The Kier molecular flexibility index (Phi) is 2.28. The highest BCUT2D eigenvalue weighted by Gasteiger charge is 2.49. The summed E-state index contributed by atoms with van der Waals surface area (Å²) in [5, 5.41) is 3.50. The van der Waals surface area contributed by atoms with Crippen LogP contribution in [0.4, 0.5) is 0 Å². The Bertz CT molecular complexity index is 320. The lowest BCUT2D eigenvalue weighted by Crippen LogP contribution is -2.21. The molecule has 15 heavy (non-hydrogen) atoms. The van der Waals surface area contributed by atoms with E-state index in [0.29, 0.717) is 5.41 Å². The second-order valence-corrected chi connectivity index (χ2v) is 5.21. The highest BCUT2D eigenvalue weighted by molar-refractivity contribution is 5.19. The zero-order valence-corrected chi connectivity index (χ0v) is 9.21. The molecule has 1 aromatic rings. The quantitative estimate of drug-likeness (QED) is 0.792. The molecule has 0 spiro atoms. The van der Waals surface area contributed by atoms with Crippen LogP contribution in [0.3, 0.4) is 0 Å². The summed E-state index contributed by atoms with van der Waals surface area (Å²) in [6.07, 6.45) is 5.61. The molecule has 0 aromatic heterocycles. The summed E-state index contributed by atoms with van der Waals surface area (Å²) in [6, 6.07) is 11.0. The maximum absolute atomic E-state index is 3.50. The lowest BCUT2D eigenvalue weighted by Gasteiger charge is -2.22. The molecule has 2 fully saturated rings. The molecule has 3 rings (SSSR count). The van der Waals surface area contributed by atoms with Crippen molar-refractivity contribution in [3.05, 3.63) is 35.9 Å². The Labute approximate surface area is 91.9 Å². The fourth-order valence-corrected chi connectivity index (χ4v) is 3.07. The second-order valence-electron chi connectivity index (χ2n) is 5.21. The fourth-order valence-electron chi connectivity index (χ4n) is 3.07. The van der Waals surface area contributed by atoms with Crippen LogP contribution in [0.25, 0.3) is 0 Å². The summed E-state index contributed by atoms with van der Waals surface area (Å²) in [5.41, 5.74) is 2.20. The van der Waals surface area contributed by atoms with E-state index in [1.54, 1.807) is 0 Å².